The first-order valence-electron chi connectivity index (χ1n) is 8.34. The monoisotopic (exact) mass is 300 g/mol. The molecule has 0 spiro atoms. The van der Waals surface area contributed by atoms with Crippen LogP contribution < -0.4 is 5.73 Å². The van der Waals surface area contributed by atoms with Gasteiger partial charge in [-0.1, -0.05) is 20.8 Å². The maximum Gasteiger partial charge on any atom is 0.0589 e. The summed E-state index contributed by atoms with van der Waals surface area (Å²) in [6.07, 6.45) is 3.69. The van der Waals surface area contributed by atoms with Crippen molar-refractivity contribution in [3.8, 4) is 0 Å². The lowest BCUT2D eigenvalue weighted by molar-refractivity contribution is 0.0703. The van der Waals surface area contributed by atoms with Crippen LogP contribution in [-0.2, 0) is 9.47 Å². The van der Waals surface area contributed by atoms with Crippen molar-refractivity contribution in [3.05, 3.63) is 0 Å². The van der Waals surface area contributed by atoms with Gasteiger partial charge >= 0.3 is 0 Å². The second kappa shape index (κ2) is 9.09. The number of rotatable bonds is 8. The van der Waals surface area contributed by atoms with E-state index < -0.39 is 0 Å². The van der Waals surface area contributed by atoms with Crippen LogP contribution in [0, 0.1) is 17.3 Å². The maximum atomic E-state index is 6.40. The summed E-state index contributed by atoms with van der Waals surface area (Å²) in [6, 6.07) is 0.344. The zero-order valence-electron chi connectivity index (χ0n) is 14.7. The Morgan fingerprint density at radius 1 is 1.05 bits per heavy atom. The zero-order chi connectivity index (χ0) is 15.9. The number of ether oxygens (including phenoxy) is 2. The molecule has 2 N–H and O–H groups in total. The van der Waals surface area contributed by atoms with Gasteiger partial charge in [0.25, 0.3) is 0 Å². The molecule has 4 nitrogen and oxygen atoms in total. The van der Waals surface area contributed by atoms with E-state index in [1.54, 1.807) is 14.2 Å². The molecule has 0 saturated heterocycles. The molecule has 3 atom stereocenters. The van der Waals surface area contributed by atoms with Gasteiger partial charge in [0, 0.05) is 39.9 Å². The predicted octanol–water partition coefficient (Wildman–Crippen LogP) is 2.37. The van der Waals surface area contributed by atoms with Crippen LogP contribution in [-0.4, -0.2) is 58.0 Å². The van der Waals surface area contributed by atoms with Crippen molar-refractivity contribution in [1.82, 2.24) is 4.90 Å². The third kappa shape index (κ3) is 6.64. The third-order valence-corrected chi connectivity index (χ3v) is 4.98. The highest BCUT2D eigenvalue weighted by Gasteiger charge is 2.34. The molecule has 0 radical (unpaired) electrons. The van der Waals surface area contributed by atoms with Crippen molar-refractivity contribution in [2.75, 3.05) is 47.1 Å². The molecule has 0 aromatic carbocycles. The summed E-state index contributed by atoms with van der Waals surface area (Å²) in [4.78, 5) is 2.45. The van der Waals surface area contributed by atoms with Crippen molar-refractivity contribution in [2.45, 2.75) is 46.1 Å². The van der Waals surface area contributed by atoms with Gasteiger partial charge in [0.15, 0.2) is 0 Å². The van der Waals surface area contributed by atoms with E-state index in [1.807, 2.05) is 0 Å². The van der Waals surface area contributed by atoms with Gasteiger partial charge in [0.2, 0.25) is 0 Å². The molecule has 1 fully saturated rings. The number of hydrogen-bond acceptors (Lipinski definition) is 4. The standard InChI is InChI=1S/C17H36N2O2/c1-17(2,3)15-6-7-16(18)14(12-15)13-19(8-10-20-4)9-11-21-5/h14-16H,6-13,18H2,1-5H3. The van der Waals surface area contributed by atoms with E-state index in [2.05, 4.69) is 25.7 Å². The smallest absolute Gasteiger partial charge is 0.0589 e. The Hall–Kier alpha value is -0.160. The highest BCUT2D eigenvalue weighted by molar-refractivity contribution is 4.88. The van der Waals surface area contributed by atoms with Crippen molar-refractivity contribution in [3.63, 3.8) is 0 Å². The van der Waals surface area contributed by atoms with E-state index in [9.17, 15) is 0 Å². The Balaban J connectivity index is 2.57. The van der Waals surface area contributed by atoms with E-state index >= 15 is 0 Å². The van der Waals surface area contributed by atoms with E-state index in [-0.39, 0.29) is 0 Å². The molecule has 1 aliphatic rings. The molecule has 0 amide bonds. The van der Waals surface area contributed by atoms with E-state index in [4.69, 9.17) is 15.2 Å². The van der Waals surface area contributed by atoms with E-state index in [0.29, 0.717) is 17.4 Å². The lowest BCUT2D eigenvalue weighted by Gasteiger charge is -2.42. The quantitative estimate of drug-likeness (QED) is 0.747. The highest BCUT2D eigenvalue weighted by Crippen LogP contribution is 2.40. The fourth-order valence-corrected chi connectivity index (χ4v) is 3.35. The number of hydrogen-bond donors (Lipinski definition) is 1. The van der Waals surface area contributed by atoms with Gasteiger partial charge in [-0.3, -0.25) is 4.90 Å². The first kappa shape index (κ1) is 18.9. The van der Waals surface area contributed by atoms with Gasteiger partial charge < -0.3 is 15.2 Å². The minimum Gasteiger partial charge on any atom is -0.383 e. The van der Waals surface area contributed by atoms with E-state index in [0.717, 1.165) is 45.2 Å². The van der Waals surface area contributed by atoms with Crippen LogP contribution in [0.1, 0.15) is 40.0 Å². The topological polar surface area (TPSA) is 47.7 Å². The molecule has 4 heteroatoms. The van der Waals surface area contributed by atoms with Gasteiger partial charge in [0.05, 0.1) is 13.2 Å². The molecule has 1 rings (SSSR count). The van der Waals surface area contributed by atoms with Crippen LogP contribution in [0.5, 0.6) is 0 Å². The Kier molecular flexibility index (Phi) is 8.17. The third-order valence-electron chi connectivity index (χ3n) is 4.98. The van der Waals surface area contributed by atoms with Crippen LogP contribution in [0.15, 0.2) is 0 Å². The summed E-state index contributed by atoms with van der Waals surface area (Å²) in [6.45, 7) is 11.6. The fraction of sp³-hybridized carbons (Fsp3) is 1.00. The zero-order valence-corrected chi connectivity index (χ0v) is 14.7. The van der Waals surface area contributed by atoms with Gasteiger partial charge in [-0.25, -0.2) is 0 Å². The average molecular weight is 300 g/mol. The summed E-state index contributed by atoms with van der Waals surface area (Å²) in [5.41, 5.74) is 6.79. The summed E-state index contributed by atoms with van der Waals surface area (Å²) in [5, 5.41) is 0. The SMILES string of the molecule is COCCN(CCOC)CC1CC(C(C)(C)C)CCC1N. The number of nitrogens with two attached hydrogens (primary N) is 1. The Labute approximate surface area is 131 Å². The maximum absolute atomic E-state index is 6.40. The summed E-state index contributed by atoms with van der Waals surface area (Å²) >= 11 is 0. The largest absolute Gasteiger partial charge is 0.383 e. The normalized spacial score (nSPS) is 27.3. The van der Waals surface area contributed by atoms with Gasteiger partial charge in [-0.2, -0.15) is 0 Å². The average Bonchev–Trinajstić information content (AvgIpc) is 2.42. The number of methoxy groups -OCH3 is 2. The molecular weight excluding hydrogens is 264 g/mol. The predicted molar refractivity (Wildman–Crippen MR) is 88.5 cm³/mol. The minimum absolute atomic E-state index is 0.344. The minimum atomic E-state index is 0.344. The molecule has 0 heterocycles. The first-order valence-corrected chi connectivity index (χ1v) is 8.34. The molecule has 0 bridgehead atoms. The van der Waals surface area contributed by atoms with Crippen molar-refractivity contribution in [1.29, 1.82) is 0 Å². The van der Waals surface area contributed by atoms with Gasteiger partial charge in [0.1, 0.15) is 0 Å². The molecule has 1 saturated carbocycles. The van der Waals surface area contributed by atoms with Crippen LogP contribution in [0.25, 0.3) is 0 Å². The van der Waals surface area contributed by atoms with Crippen LogP contribution >= 0.6 is 0 Å². The van der Waals surface area contributed by atoms with Crippen LogP contribution in [0.3, 0.4) is 0 Å². The molecule has 126 valence electrons. The molecular formula is C17H36N2O2. The van der Waals surface area contributed by atoms with Crippen molar-refractivity contribution >= 4 is 0 Å². The molecule has 3 unspecified atom stereocenters. The lowest BCUT2D eigenvalue weighted by atomic mass is 9.67. The second-order valence-electron chi connectivity index (χ2n) is 7.59. The molecule has 0 aromatic rings. The van der Waals surface area contributed by atoms with Gasteiger partial charge in [-0.15, -0.1) is 0 Å². The Morgan fingerprint density at radius 3 is 2.10 bits per heavy atom. The van der Waals surface area contributed by atoms with E-state index in [1.165, 1.54) is 12.8 Å². The Bertz CT molecular complexity index is 270. The van der Waals surface area contributed by atoms with Crippen molar-refractivity contribution < 1.29 is 9.47 Å². The molecule has 0 aliphatic heterocycles. The second-order valence-corrected chi connectivity index (χ2v) is 7.59. The summed E-state index contributed by atoms with van der Waals surface area (Å²) < 4.78 is 10.5. The molecule has 0 aromatic heterocycles. The Morgan fingerprint density at radius 2 is 1.62 bits per heavy atom. The number of nitrogens with zero attached hydrogens (tertiary/aromatic N) is 1. The highest BCUT2D eigenvalue weighted by atomic mass is 16.5. The molecule has 1 aliphatic carbocycles. The summed E-state index contributed by atoms with van der Waals surface area (Å²) in [5.74, 6) is 1.38. The van der Waals surface area contributed by atoms with Gasteiger partial charge in [-0.05, 0) is 36.5 Å². The van der Waals surface area contributed by atoms with Crippen molar-refractivity contribution in [2.24, 2.45) is 23.0 Å². The first-order chi connectivity index (χ1) is 9.88. The molecule has 21 heavy (non-hydrogen) atoms. The van der Waals surface area contributed by atoms with Crippen LogP contribution in [0.2, 0.25) is 0 Å². The van der Waals surface area contributed by atoms with Crippen LogP contribution in [0.4, 0.5) is 0 Å². The fourth-order valence-electron chi connectivity index (χ4n) is 3.35. The lowest BCUT2D eigenvalue weighted by Crippen LogP contribution is -2.46. The summed E-state index contributed by atoms with van der Waals surface area (Å²) in [7, 11) is 3.52.